The molecule has 1 aromatic heterocycles. The third-order valence-electron chi connectivity index (χ3n) is 4.85. The van der Waals surface area contributed by atoms with Gasteiger partial charge in [-0.15, -0.1) is 0 Å². The fraction of sp³-hybridized carbons (Fsp3) is 0.429. The molecule has 1 aliphatic heterocycles. The van der Waals surface area contributed by atoms with E-state index in [2.05, 4.69) is 44.6 Å². The molecule has 0 unspecified atom stereocenters. The third-order valence-corrected chi connectivity index (χ3v) is 4.85. The summed E-state index contributed by atoms with van der Waals surface area (Å²) in [6.07, 6.45) is 2.50. The lowest BCUT2D eigenvalue weighted by atomic mass is 10.2. The van der Waals surface area contributed by atoms with E-state index in [4.69, 9.17) is 4.74 Å². The highest BCUT2D eigenvalue weighted by atomic mass is 16.5. The quantitative estimate of drug-likeness (QED) is 0.683. The van der Waals surface area contributed by atoms with Gasteiger partial charge in [-0.3, -0.25) is 4.79 Å². The SMILES string of the molecule is COCCCNc1ccc(C(=O)Nc2ccc(N3CCN(C)CC3)cc2)cn1. The smallest absolute Gasteiger partial charge is 0.257 e. The fourth-order valence-electron chi connectivity index (χ4n) is 3.09. The molecule has 2 N–H and O–H groups in total. The molecule has 1 aliphatic rings. The van der Waals surface area contributed by atoms with E-state index >= 15 is 0 Å². The number of hydrogen-bond acceptors (Lipinski definition) is 6. The standard InChI is InChI=1S/C21H29N5O2/c1-25-11-13-26(14-12-25)19-7-5-18(6-8-19)24-21(27)17-4-9-20(23-16-17)22-10-3-15-28-2/h4-9,16H,3,10-15H2,1-2H3,(H,22,23)(H,24,27). The lowest BCUT2D eigenvalue weighted by Gasteiger charge is -2.34. The van der Waals surface area contributed by atoms with Crippen molar-refractivity contribution in [1.82, 2.24) is 9.88 Å². The van der Waals surface area contributed by atoms with Crippen molar-refractivity contribution in [3.8, 4) is 0 Å². The van der Waals surface area contributed by atoms with Gasteiger partial charge in [0.2, 0.25) is 0 Å². The van der Waals surface area contributed by atoms with Crippen LogP contribution >= 0.6 is 0 Å². The molecule has 28 heavy (non-hydrogen) atoms. The summed E-state index contributed by atoms with van der Waals surface area (Å²) in [6, 6.07) is 11.6. The summed E-state index contributed by atoms with van der Waals surface area (Å²) in [5, 5.41) is 6.14. The topological polar surface area (TPSA) is 69.7 Å². The number of likely N-dealkylation sites (N-methyl/N-ethyl adjacent to an activating group) is 1. The molecule has 1 amide bonds. The normalized spacial score (nSPS) is 14.7. The van der Waals surface area contributed by atoms with Gasteiger partial charge in [0.05, 0.1) is 5.56 Å². The van der Waals surface area contributed by atoms with Gasteiger partial charge in [-0.05, 0) is 49.9 Å². The third kappa shape index (κ3) is 5.68. The molecule has 0 atom stereocenters. The van der Waals surface area contributed by atoms with Crippen molar-refractivity contribution in [3.63, 3.8) is 0 Å². The first kappa shape index (κ1) is 20.1. The first-order chi connectivity index (χ1) is 13.7. The fourth-order valence-corrected chi connectivity index (χ4v) is 3.09. The minimum atomic E-state index is -0.161. The second-order valence-corrected chi connectivity index (χ2v) is 7.00. The largest absolute Gasteiger partial charge is 0.385 e. The summed E-state index contributed by atoms with van der Waals surface area (Å²) in [5.41, 5.74) is 2.51. The lowest BCUT2D eigenvalue weighted by Crippen LogP contribution is -2.44. The maximum absolute atomic E-state index is 12.4. The Morgan fingerprint density at radius 2 is 1.86 bits per heavy atom. The van der Waals surface area contributed by atoms with Crippen LogP contribution in [-0.2, 0) is 4.74 Å². The van der Waals surface area contributed by atoms with Crippen molar-refractivity contribution < 1.29 is 9.53 Å². The van der Waals surface area contributed by atoms with E-state index in [1.807, 2.05) is 18.2 Å². The second-order valence-electron chi connectivity index (χ2n) is 7.00. The summed E-state index contributed by atoms with van der Waals surface area (Å²) in [6.45, 7) is 5.69. The molecule has 150 valence electrons. The first-order valence-electron chi connectivity index (χ1n) is 9.69. The van der Waals surface area contributed by atoms with Gasteiger partial charge in [-0.2, -0.15) is 0 Å². The van der Waals surface area contributed by atoms with Crippen molar-refractivity contribution in [2.75, 3.05) is 69.0 Å². The number of rotatable bonds is 8. The van der Waals surface area contributed by atoms with Crippen LogP contribution < -0.4 is 15.5 Å². The summed E-state index contributed by atoms with van der Waals surface area (Å²) < 4.78 is 5.02. The number of methoxy groups -OCH3 is 1. The van der Waals surface area contributed by atoms with Crippen LogP contribution in [0.15, 0.2) is 42.6 Å². The molecule has 1 saturated heterocycles. The van der Waals surface area contributed by atoms with Gasteiger partial charge < -0.3 is 25.2 Å². The Morgan fingerprint density at radius 1 is 1.11 bits per heavy atom. The van der Waals surface area contributed by atoms with Crippen LogP contribution in [0.2, 0.25) is 0 Å². The van der Waals surface area contributed by atoms with Crippen LogP contribution in [0.3, 0.4) is 0 Å². The van der Waals surface area contributed by atoms with E-state index in [9.17, 15) is 4.79 Å². The zero-order chi connectivity index (χ0) is 19.8. The van der Waals surface area contributed by atoms with Gasteiger partial charge in [0.25, 0.3) is 5.91 Å². The average Bonchev–Trinajstić information content (AvgIpc) is 2.73. The molecule has 7 heteroatoms. The van der Waals surface area contributed by atoms with Gasteiger partial charge >= 0.3 is 0 Å². The molecule has 0 radical (unpaired) electrons. The summed E-state index contributed by atoms with van der Waals surface area (Å²) >= 11 is 0. The number of amides is 1. The Labute approximate surface area is 166 Å². The Bertz CT molecular complexity index is 740. The van der Waals surface area contributed by atoms with E-state index in [1.54, 1.807) is 19.4 Å². The van der Waals surface area contributed by atoms with Crippen molar-refractivity contribution in [2.24, 2.45) is 0 Å². The van der Waals surface area contributed by atoms with E-state index in [1.165, 1.54) is 5.69 Å². The highest BCUT2D eigenvalue weighted by Gasteiger charge is 2.14. The molecule has 3 rings (SSSR count). The van der Waals surface area contributed by atoms with Crippen molar-refractivity contribution in [1.29, 1.82) is 0 Å². The number of carbonyl (C=O) groups is 1. The Balaban J connectivity index is 1.51. The highest BCUT2D eigenvalue weighted by Crippen LogP contribution is 2.20. The van der Waals surface area contributed by atoms with E-state index in [0.717, 1.165) is 50.6 Å². The highest BCUT2D eigenvalue weighted by molar-refractivity contribution is 6.04. The number of pyridine rings is 1. The molecule has 2 heterocycles. The molecule has 0 spiro atoms. The van der Waals surface area contributed by atoms with E-state index in [0.29, 0.717) is 12.2 Å². The molecule has 0 saturated carbocycles. The second kappa shape index (κ2) is 10.1. The van der Waals surface area contributed by atoms with E-state index in [-0.39, 0.29) is 5.91 Å². The summed E-state index contributed by atoms with van der Waals surface area (Å²) in [7, 11) is 3.83. The monoisotopic (exact) mass is 383 g/mol. The van der Waals surface area contributed by atoms with Crippen molar-refractivity contribution >= 4 is 23.1 Å². The number of aromatic nitrogens is 1. The number of hydrogen-bond donors (Lipinski definition) is 2. The van der Waals surface area contributed by atoms with Crippen molar-refractivity contribution in [2.45, 2.75) is 6.42 Å². The molecule has 2 aromatic rings. The molecule has 7 nitrogen and oxygen atoms in total. The Morgan fingerprint density at radius 3 is 2.50 bits per heavy atom. The summed E-state index contributed by atoms with van der Waals surface area (Å²) in [4.78, 5) is 21.4. The van der Waals surface area contributed by atoms with Crippen LogP contribution in [0.1, 0.15) is 16.8 Å². The Kier molecular flexibility index (Phi) is 7.22. The zero-order valence-electron chi connectivity index (χ0n) is 16.6. The van der Waals surface area contributed by atoms with Crippen LogP contribution in [0.4, 0.5) is 17.2 Å². The van der Waals surface area contributed by atoms with Gasteiger partial charge in [0.15, 0.2) is 0 Å². The maximum atomic E-state index is 12.4. The minimum Gasteiger partial charge on any atom is -0.385 e. The number of ether oxygens (including phenoxy) is 1. The number of nitrogens with one attached hydrogen (secondary N) is 2. The van der Waals surface area contributed by atoms with E-state index < -0.39 is 0 Å². The Hall–Kier alpha value is -2.64. The van der Waals surface area contributed by atoms with Gasteiger partial charge in [0, 0.05) is 64.0 Å². The van der Waals surface area contributed by atoms with Gasteiger partial charge in [0.1, 0.15) is 5.82 Å². The molecular formula is C21H29N5O2. The number of carbonyl (C=O) groups excluding carboxylic acids is 1. The summed E-state index contributed by atoms with van der Waals surface area (Å²) in [5.74, 6) is 0.593. The average molecular weight is 383 g/mol. The zero-order valence-corrected chi connectivity index (χ0v) is 16.6. The van der Waals surface area contributed by atoms with Gasteiger partial charge in [-0.1, -0.05) is 0 Å². The van der Waals surface area contributed by atoms with Crippen LogP contribution in [0, 0.1) is 0 Å². The van der Waals surface area contributed by atoms with Crippen LogP contribution in [0.25, 0.3) is 0 Å². The molecular weight excluding hydrogens is 354 g/mol. The van der Waals surface area contributed by atoms with Crippen LogP contribution in [-0.4, -0.2) is 69.3 Å². The maximum Gasteiger partial charge on any atom is 0.257 e. The van der Waals surface area contributed by atoms with Gasteiger partial charge in [-0.25, -0.2) is 4.98 Å². The molecule has 0 bridgehead atoms. The van der Waals surface area contributed by atoms with Crippen LogP contribution in [0.5, 0.6) is 0 Å². The predicted octanol–water partition coefficient (Wildman–Crippen LogP) is 2.53. The number of nitrogens with zero attached hydrogens (tertiary/aromatic N) is 3. The number of piperazine rings is 1. The predicted molar refractivity (Wildman–Crippen MR) is 113 cm³/mol. The number of benzene rings is 1. The first-order valence-corrected chi connectivity index (χ1v) is 9.69. The number of anilines is 3. The molecule has 1 fully saturated rings. The minimum absolute atomic E-state index is 0.161. The lowest BCUT2D eigenvalue weighted by molar-refractivity contribution is 0.102. The molecule has 0 aliphatic carbocycles. The molecule has 1 aromatic carbocycles. The van der Waals surface area contributed by atoms with Crippen molar-refractivity contribution in [3.05, 3.63) is 48.2 Å².